The van der Waals surface area contributed by atoms with Crippen LogP contribution in [0.4, 0.5) is 11.4 Å². The average molecular weight is 385 g/mol. The van der Waals surface area contributed by atoms with Crippen LogP contribution >= 0.6 is 11.6 Å². The molecule has 1 heterocycles. The van der Waals surface area contributed by atoms with Crippen molar-refractivity contribution in [2.24, 2.45) is 0 Å². The quantitative estimate of drug-likeness (QED) is 0.624. The zero-order valence-electron chi connectivity index (χ0n) is 14.3. The monoisotopic (exact) mass is 384 g/mol. The predicted molar refractivity (Wildman–Crippen MR) is 103 cm³/mol. The Morgan fingerprint density at radius 2 is 1.70 bits per heavy atom. The van der Waals surface area contributed by atoms with E-state index in [0.717, 1.165) is 0 Å². The van der Waals surface area contributed by atoms with E-state index in [1.807, 2.05) is 0 Å². The first kappa shape index (κ1) is 18.5. The Balaban J connectivity index is 1.44. The van der Waals surface area contributed by atoms with Crippen LogP contribution < -0.4 is 15.4 Å². The lowest BCUT2D eigenvalue weighted by Gasteiger charge is -2.08. The van der Waals surface area contributed by atoms with Gasteiger partial charge in [-0.2, -0.15) is 0 Å². The van der Waals surface area contributed by atoms with Crippen molar-refractivity contribution in [3.05, 3.63) is 77.7 Å². The Bertz CT molecular complexity index is 908. The lowest BCUT2D eigenvalue weighted by molar-refractivity contribution is -0.116. The molecule has 0 aliphatic heterocycles. The second-order valence-corrected chi connectivity index (χ2v) is 6.05. The Hall–Kier alpha value is -3.25. The van der Waals surface area contributed by atoms with Gasteiger partial charge < -0.3 is 19.8 Å². The molecule has 0 atom stereocenters. The first-order valence-corrected chi connectivity index (χ1v) is 8.61. The number of ether oxygens (including phenoxy) is 1. The summed E-state index contributed by atoms with van der Waals surface area (Å²) < 4.78 is 10.5. The highest BCUT2D eigenvalue weighted by molar-refractivity contribution is 6.30. The van der Waals surface area contributed by atoms with E-state index in [9.17, 15) is 9.59 Å². The Kier molecular flexibility index (Phi) is 6.12. The molecule has 6 nitrogen and oxygen atoms in total. The average Bonchev–Trinajstić information content (AvgIpc) is 3.18. The van der Waals surface area contributed by atoms with Gasteiger partial charge in [0.1, 0.15) is 5.75 Å². The fraction of sp³-hybridized carbons (Fsp3) is 0.100. The number of furan rings is 1. The van der Waals surface area contributed by atoms with E-state index < -0.39 is 0 Å². The number of nitrogens with one attached hydrogen (secondary N) is 2. The molecule has 138 valence electrons. The summed E-state index contributed by atoms with van der Waals surface area (Å²) in [4.78, 5) is 23.9. The van der Waals surface area contributed by atoms with Crippen LogP contribution in [0.2, 0.25) is 5.02 Å². The summed E-state index contributed by atoms with van der Waals surface area (Å²) >= 11 is 5.88. The van der Waals surface area contributed by atoms with Crippen LogP contribution in [0.3, 0.4) is 0 Å². The summed E-state index contributed by atoms with van der Waals surface area (Å²) in [7, 11) is 0. The van der Waals surface area contributed by atoms with E-state index in [2.05, 4.69) is 10.6 Å². The number of hydrogen-bond acceptors (Lipinski definition) is 4. The first-order chi connectivity index (χ1) is 13.1. The van der Waals surface area contributed by atoms with E-state index in [-0.39, 0.29) is 30.6 Å². The van der Waals surface area contributed by atoms with Crippen molar-refractivity contribution in [2.45, 2.75) is 6.42 Å². The molecule has 0 spiro atoms. The van der Waals surface area contributed by atoms with E-state index in [4.69, 9.17) is 20.8 Å². The van der Waals surface area contributed by atoms with Crippen molar-refractivity contribution in [1.82, 2.24) is 0 Å². The highest BCUT2D eigenvalue weighted by Gasteiger charge is 2.09. The van der Waals surface area contributed by atoms with Crippen molar-refractivity contribution < 1.29 is 18.7 Å². The summed E-state index contributed by atoms with van der Waals surface area (Å²) in [5, 5.41) is 6.06. The van der Waals surface area contributed by atoms with E-state index in [0.29, 0.717) is 22.1 Å². The normalized spacial score (nSPS) is 10.3. The van der Waals surface area contributed by atoms with Gasteiger partial charge in [-0.25, -0.2) is 0 Å². The molecule has 1 aromatic heterocycles. The number of carbonyl (C=O) groups excluding carboxylic acids is 2. The number of rotatable bonds is 7. The van der Waals surface area contributed by atoms with Crippen molar-refractivity contribution >= 4 is 34.8 Å². The molecular formula is C20H17ClN2O4. The third-order valence-corrected chi connectivity index (χ3v) is 3.80. The molecule has 2 amide bonds. The molecule has 7 heteroatoms. The van der Waals surface area contributed by atoms with Crippen molar-refractivity contribution in [1.29, 1.82) is 0 Å². The molecule has 0 bridgehead atoms. The minimum absolute atomic E-state index is 0.176. The third-order valence-electron chi connectivity index (χ3n) is 3.57. The minimum atomic E-state index is -0.338. The molecule has 0 aliphatic rings. The van der Waals surface area contributed by atoms with Crippen LogP contribution in [-0.4, -0.2) is 18.4 Å². The number of carbonyl (C=O) groups is 2. The fourth-order valence-electron chi connectivity index (χ4n) is 2.28. The molecule has 2 N–H and O–H groups in total. The van der Waals surface area contributed by atoms with Gasteiger partial charge in [0.05, 0.1) is 19.3 Å². The fourth-order valence-corrected chi connectivity index (χ4v) is 2.46. The third kappa shape index (κ3) is 5.62. The van der Waals surface area contributed by atoms with Gasteiger partial charge in [-0.05, 0) is 54.6 Å². The van der Waals surface area contributed by atoms with Gasteiger partial charge >= 0.3 is 0 Å². The zero-order valence-corrected chi connectivity index (χ0v) is 15.0. The molecule has 2 aromatic carbocycles. The largest absolute Gasteiger partial charge is 0.493 e. The number of halogens is 1. The van der Waals surface area contributed by atoms with E-state index in [1.54, 1.807) is 60.7 Å². The molecule has 0 saturated heterocycles. The molecule has 27 heavy (non-hydrogen) atoms. The van der Waals surface area contributed by atoms with Crippen LogP contribution in [0.25, 0.3) is 0 Å². The molecule has 0 fully saturated rings. The van der Waals surface area contributed by atoms with Crippen LogP contribution in [0.1, 0.15) is 17.0 Å². The van der Waals surface area contributed by atoms with Crippen LogP contribution in [0.5, 0.6) is 5.75 Å². The number of benzene rings is 2. The molecule has 0 aliphatic carbocycles. The van der Waals surface area contributed by atoms with Crippen molar-refractivity contribution in [2.75, 3.05) is 17.2 Å². The van der Waals surface area contributed by atoms with E-state index >= 15 is 0 Å². The van der Waals surface area contributed by atoms with Crippen LogP contribution in [0, 0.1) is 0 Å². The first-order valence-electron chi connectivity index (χ1n) is 8.23. The van der Waals surface area contributed by atoms with Gasteiger partial charge in [0, 0.05) is 16.4 Å². The molecule has 3 aromatic rings. The van der Waals surface area contributed by atoms with Crippen molar-refractivity contribution in [3.63, 3.8) is 0 Å². The van der Waals surface area contributed by atoms with Crippen molar-refractivity contribution in [3.8, 4) is 5.75 Å². The number of amides is 2. The predicted octanol–water partition coefficient (Wildman–Crippen LogP) is 4.59. The Labute approximate surface area is 161 Å². The van der Waals surface area contributed by atoms with Gasteiger partial charge in [0.2, 0.25) is 5.91 Å². The van der Waals surface area contributed by atoms with Gasteiger partial charge in [-0.3, -0.25) is 9.59 Å². The lowest BCUT2D eigenvalue weighted by Crippen LogP contribution is -2.15. The van der Waals surface area contributed by atoms with Gasteiger partial charge in [0.15, 0.2) is 5.76 Å². The standard InChI is InChI=1S/C20H17ClN2O4/c21-14-3-1-4-17(13-14)26-12-10-19(24)22-15-6-8-16(9-7-15)23-20(25)18-5-2-11-27-18/h1-9,11,13H,10,12H2,(H,22,24)(H,23,25). The maximum Gasteiger partial charge on any atom is 0.291 e. The Morgan fingerprint density at radius 1 is 0.963 bits per heavy atom. The van der Waals surface area contributed by atoms with Gasteiger partial charge in [-0.15, -0.1) is 0 Å². The second-order valence-electron chi connectivity index (χ2n) is 5.61. The van der Waals surface area contributed by atoms with E-state index in [1.165, 1.54) is 6.26 Å². The van der Waals surface area contributed by atoms with Gasteiger partial charge in [-0.1, -0.05) is 17.7 Å². The zero-order chi connectivity index (χ0) is 19.1. The summed E-state index contributed by atoms with van der Waals surface area (Å²) in [6.45, 7) is 0.240. The molecule has 0 unspecified atom stereocenters. The lowest BCUT2D eigenvalue weighted by atomic mass is 10.2. The molecule has 0 radical (unpaired) electrons. The summed E-state index contributed by atoms with van der Waals surface area (Å²) in [6, 6.07) is 17.0. The summed E-state index contributed by atoms with van der Waals surface area (Å²) in [6.07, 6.45) is 1.63. The maximum atomic E-state index is 12.0. The smallest absolute Gasteiger partial charge is 0.291 e. The van der Waals surface area contributed by atoms with Gasteiger partial charge in [0.25, 0.3) is 5.91 Å². The summed E-state index contributed by atoms with van der Waals surface area (Å²) in [5.41, 5.74) is 1.22. The Morgan fingerprint density at radius 3 is 2.37 bits per heavy atom. The second kappa shape index (κ2) is 8.91. The minimum Gasteiger partial charge on any atom is -0.493 e. The molecular weight excluding hydrogens is 368 g/mol. The maximum absolute atomic E-state index is 12.0. The topological polar surface area (TPSA) is 80.6 Å². The van der Waals surface area contributed by atoms with Crippen LogP contribution in [0.15, 0.2) is 71.3 Å². The molecule has 0 saturated carbocycles. The SMILES string of the molecule is O=C(CCOc1cccc(Cl)c1)Nc1ccc(NC(=O)c2ccco2)cc1. The highest BCUT2D eigenvalue weighted by atomic mass is 35.5. The van der Waals surface area contributed by atoms with Crippen LogP contribution in [-0.2, 0) is 4.79 Å². The highest BCUT2D eigenvalue weighted by Crippen LogP contribution is 2.18. The summed E-state index contributed by atoms with van der Waals surface area (Å²) in [5.74, 6) is 0.332. The number of anilines is 2. The number of hydrogen-bond donors (Lipinski definition) is 2. The molecule has 3 rings (SSSR count).